The van der Waals surface area contributed by atoms with Crippen molar-refractivity contribution in [1.29, 1.82) is 0 Å². The molecule has 0 fully saturated rings. The molecule has 0 N–H and O–H groups in total. The highest BCUT2D eigenvalue weighted by Crippen LogP contribution is 2.25. The number of esters is 1. The Morgan fingerprint density at radius 3 is 2.57 bits per heavy atom. The van der Waals surface area contributed by atoms with Crippen molar-refractivity contribution >= 4 is 17.0 Å². The number of methoxy groups -OCH3 is 1. The molecule has 0 unspecified atom stereocenters. The minimum absolute atomic E-state index is 0.155. The number of fused-ring (bicyclic) bond motifs is 1. The largest absolute Gasteiger partial charge is 0.465 e. The lowest BCUT2D eigenvalue weighted by atomic mass is 9.92. The molecule has 0 atom stereocenters. The number of carbonyl (C=O) groups is 1. The van der Waals surface area contributed by atoms with Gasteiger partial charge < -0.3 is 14.2 Å². The quantitative estimate of drug-likeness (QED) is 0.796. The molecule has 0 aliphatic heterocycles. The molecule has 5 heteroatoms. The molecule has 1 heterocycles. The van der Waals surface area contributed by atoms with Crippen LogP contribution >= 0.6 is 0 Å². The number of benzene rings is 1. The molecule has 0 aliphatic carbocycles. The summed E-state index contributed by atoms with van der Waals surface area (Å²) in [7, 11) is 5.53. The Morgan fingerprint density at radius 1 is 1.30 bits per heavy atom. The molecule has 0 amide bonds. The fraction of sp³-hybridized carbons (Fsp3) is 0.556. The maximum atomic E-state index is 11.7. The van der Waals surface area contributed by atoms with Gasteiger partial charge in [-0.25, -0.2) is 9.78 Å². The number of nitrogens with zero attached hydrogens (tertiary/aromatic N) is 3. The van der Waals surface area contributed by atoms with Gasteiger partial charge in [-0.2, -0.15) is 0 Å². The third kappa shape index (κ3) is 4.32. The van der Waals surface area contributed by atoms with E-state index in [0.29, 0.717) is 5.56 Å². The maximum absolute atomic E-state index is 11.7. The lowest BCUT2D eigenvalue weighted by Crippen LogP contribution is -2.21. The number of likely N-dealkylation sites (N-methyl/N-ethyl adjacent to an activating group) is 1. The van der Waals surface area contributed by atoms with Crippen LogP contribution in [0.25, 0.3) is 11.0 Å². The summed E-state index contributed by atoms with van der Waals surface area (Å²) >= 11 is 0. The Morgan fingerprint density at radius 2 is 2.00 bits per heavy atom. The number of rotatable bonds is 5. The van der Waals surface area contributed by atoms with Gasteiger partial charge in [-0.1, -0.05) is 20.8 Å². The van der Waals surface area contributed by atoms with Crippen LogP contribution in [0.5, 0.6) is 0 Å². The van der Waals surface area contributed by atoms with Crippen LogP contribution in [-0.4, -0.2) is 48.2 Å². The number of ether oxygens (including phenoxy) is 1. The summed E-state index contributed by atoms with van der Waals surface area (Å²) in [5, 5.41) is 0. The smallest absolute Gasteiger partial charge is 0.337 e. The minimum atomic E-state index is -0.327. The van der Waals surface area contributed by atoms with E-state index in [4.69, 9.17) is 9.72 Å². The second kappa shape index (κ2) is 6.71. The highest BCUT2D eigenvalue weighted by Gasteiger charge is 2.19. The van der Waals surface area contributed by atoms with E-state index in [9.17, 15) is 4.79 Å². The summed E-state index contributed by atoms with van der Waals surface area (Å²) in [5.74, 6) is 0.739. The maximum Gasteiger partial charge on any atom is 0.337 e. The van der Waals surface area contributed by atoms with Gasteiger partial charge in [0.2, 0.25) is 0 Å². The molecule has 2 aromatic rings. The first-order valence-corrected chi connectivity index (χ1v) is 7.93. The molecule has 5 nitrogen and oxygen atoms in total. The normalized spacial score (nSPS) is 12.1. The fourth-order valence-electron chi connectivity index (χ4n) is 2.58. The summed E-state index contributed by atoms with van der Waals surface area (Å²) in [6.45, 7) is 8.46. The average molecular weight is 317 g/mol. The zero-order valence-electron chi connectivity index (χ0n) is 15.0. The van der Waals surface area contributed by atoms with Gasteiger partial charge in [-0.05, 0) is 37.7 Å². The van der Waals surface area contributed by atoms with Crippen LogP contribution in [0.1, 0.15) is 37.0 Å². The van der Waals surface area contributed by atoms with Gasteiger partial charge in [0, 0.05) is 19.5 Å². The first kappa shape index (κ1) is 17.5. The van der Waals surface area contributed by atoms with Crippen LogP contribution in [0, 0.1) is 5.41 Å². The van der Waals surface area contributed by atoms with E-state index in [1.807, 2.05) is 18.2 Å². The molecule has 23 heavy (non-hydrogen) atoms. The third-order valence-corrected chi connectivity index (χ3v) is 3.71. The Hall–Kier alpha value is -1.88. The van der Waals surface area contributed by atoms with Gasteiger partial charge in [0.15, 0.2) is 0 Å². The van der Waals surface area contributed by atoms with Crippen LogP contribution in [0.2, 0.25) is 0 Å². The van der Waals surface area contributed by atoms with Crippen LogP contribution < -0.4 is 0 Å². The van der Waals surface area contributed by atoms with E-state index in [1.165, 1.54) is 7.11 Å². The van der Waals surface area contributed by atoms with Crippen molar-refractivity contribution in [2.24, 2.45) is 5.41 Å². The van der Waals surface area contributed by atoms with Crippen molar-refractivity contribution in [3.63, 3.8) is 0 Å². The summed E-state index contributed by atoms with van der Waals surface area (Å²) in [6.07, 6.45) is 0.892. The van der Waals surface area contributed by atoms with Crippen molar-refractivity contribution in [3.05, 3.63) is 29.6 Å². The molecule has 0 saturated carbocycles. The van der Waals surface area contributed by atoms with Crippen molar-refractivity contribution in [2.75, 3.05) is 27.7 Å². The van der Waals surface area contributed by atoms with Crippen LogP contribution in [0.15, 0.2) is 18.2 Å². The molecular weight excluding hydrogens is 290 g/mol. The Labute approximate surface area is 138 Å². The first-order chi connectivity index (χ1) is 10.7. The number of carbonyl (C=O) groups excluding carboxylic acids is 1. The lowest BCUT2D eigenvalue weighted by molar-refractivity contribution is 0.0601. The molecule has 2 rings (SSSR count). The molecular formula is C18H27N3O2. The summed E-state index contributed by atoms with van der Waals surface area (Å²) in [6, 6.07) is 5.60. The zero-order valence-corrected chi connectivity index (χ0v) is 15.0. The number of hydrogen-bond donors (Lipinski definition) is 0. The van der Waals surface area contributed by atoms with Gasteiger partial charge in [0.1, 0.15) is 5.82 Å². The van der Waals surface area contributed by atoms with Crippen LogP contribution in [-0.2, 0) is 17.7 Å². The van der Waals surface area contributed by atoms with E-state index in [2.05, 4.69) is 44.3 Å². The first-order valence-electron chi connectivity index (χ1n) is 7.93. The second-order valence-electron chi connectivity index (χ2n) is 7.42. The monoisotopic (exact) mass is 317 g/mol. The van der Waals surface area contributed by atoms with E-state index in [-0.39, 0.29) is 11.4 Å². The highest BCUT2D eigenvalue weighted by atomic mass is 16.5. The predicted octanol–water partition coefficient (Wildman–Crippen LogP) is 2.97. The fourth-order valence-corrected chi connectivity index (χ4v) is 2.58. The lowest BCUT2D eigenvalue weighted by Gasteiger charge is -2.19. The van der Waals surface area contributed by atoms with E-state index >= 15 is 0 Å². The zero-order chi connectivity index (χ0) is 17.2. The number of imidazole rings is 1. The molecule has 0 spiro atoms. The van der Waals surface area contributed by atoms with Crippen molar-refractivity contribution < 1.29 is 9.53 Å². The topological polar surface area (TPSA) is 47.4 Å². The minimum Gasteiger partial charge on any atom is -0.465 e. The van der Waals surface area contributed by atoms with Gasteiger partial charge in [0.05, 0.1) is 23.7 Å². The Balaban J connectivity index is 2.48. The highest BCUT2D eigenvalue weighted by molar-refractivity contribution is 5.93. The van der Waals surface area contributed by atoms with E-state index < -0.39 is 0 Å². The SMILES string of the molecule is COC(=O)c1ccc2c(c1)nc(CC(C)(C)C)n2CCN(C)C. The Kier molecular flexibility index (Phi) is 5.09. The molecule has 0 radical (unpaired) electrons. The predicted molar refractivity (Wildman–Crippen MR) is 92.8 cm³/mol. The second-order valence-corrected chi connectivity index (χ2v) is 7.42. The standard InChI is InChI=1S/C18H27N3O2/c1-18(2,3)12-16-19-14-11-13(17(22)23-6)7-8-15(14)21(16)10-9-20(4)5/h7-8,11H,9-10,12H2,1-6H3. The van der Waals surface area contributed by atoms with Crippen molar-refractivity contribution in [1.82, 2.24) is 14.5 Å². The van der Waals surface area contributed by atoms with Gasteiger partial charge in [0.25, 0.3) is 0 Å². The number of hydrogen-bond acceptors (Lipinski definition) is 4. The summed E-state index contributed by atoms with van der Waals surface area (Å²) in [4.78, 5) is 18.7. The molecule has 1 aromatic carbocycles. The summed E-state index contributed by atoms with van der Waals surface area (Å²) in [5.41, 5.74) is 2.62. The molecule has 1 aromatic heterocycles. The van der Waals surface area contributed by atoms with Crippen LogP contribution in [0.4, 0.5) is 0 Å². The molecule has 126 valence electrons. The molecule has 0 saturated heterocycles. The van der Waals surface area contributed by atoms with Gasteiger partial charge in [-0.3, -0.25) is 0 Å². The van der Waals surface area contributed by atoms with Crippen molar-refractivity contribution in [3.8, 4) is 0 Å². The summed E-state index contributed by atoms with van der Waals surface area (Å²) < 4.78 is 7.07. The van der Waals surface area contributed by atoms with Gasteiger partial charge >= 0.3 is 5.97 Å². The van der Waals surface area contributed by atoms with E-state index in [0.717, 1.165) is 36.4 Å². The third-order valence-electron chi connectivity index (χ3n) is 3.71. The molecule has 0 bridgehead atoms. The molecule has 0 aliphatic rings. The van der Waals surface area contributed by atoms with Crippen LogP contribution in [0.3, 0.4) is 0 Å². The van der Waals surface area contributed by atoms with Crippen molar-refractivity contribution in [2.45, 2.75) is 33.7 Å². The average Bonchev–Trinajstić information content (AvgIpc) is 2.78. The van der Waals surface area contributed by atoms with E-state index in [1.54, 1.807) is 0 Å². The number of aromatic nitrogens is 2. The Bertz CT molecular complexity index is 696. The van der Waals surface area contributed by atoms with Gasteiger partial charge in [-0.15, -0.1) is 0 Å².